The molecular weight excluding hydrogens is 286 g/mol. The summed E-state index contributed by atoms with van der Waals surface area (Å²) >= 11 is 0. The molecule has 1 aliphatic rings. The summed E-state index contributed by atoms with van der Waals surface area (Å²) in [6, 6.07) is 3.14. The van der Waals surface area contributed by atoms with E-state index in [1.54, 1.807) is 6.07 Å². The Labute approximate surface area is 125 Å². The molecule has 110 valence electrons. The van der Waals surface area contributed by atoms with Crippen molar-refractivity contribution < 1.29 is 19.1 Å². The average Bonchev–Trinajstić information content (AvgIpc) is 2.57. The topological polar surface area (TPSA) is 91.3 Å². The Hall–Kier alpha value is -3.09. The summed E-state index contributed by atoms with van der Waals surface area (Å²) in [7, 11) is 2.82. The lowest BCUT2D eigenvalue weighted by molar-refractivity contribution is 0.0914. The molecule has 0 aromatic carbocycles. The molecule has 0 unspecified atom stereocenters. The standard InChI is InChI=1S/C15H11N3O4/c1-21-12-5-11(19)14-8(15(12)20)3-4-9(18-14)10-6-16-7-13(17-10)22-2/h3-7H,1-2H3. The molecule has 0 spiro atoms. The highest BCUT2D eigenvalue weighted by atomic mass is 16.5. The normalized spacial score (nSPS) is 13.5. The van der Waals surface area contributed by atoms with Gasteiger partial charge < -0.3 is 9.47 Å². The first-order valence-corrected chi connectivity index (χ1v) is 6.36. The summed E-state index contributed by atoms with van der Waals surface area (Å²) in [6.07, 6.45) is 4.10. The number of aromatic nitrogens is 3. The fourth-order valence-electron chi connectivity index (χ4n) is 2.08. The van der Waals surface area contributed by atoms with Gasteiger partial charge in [-0.3, -0.25) is 14.6 Å². The third kappa shape index (κ3) is 2.22. The van der Waals surface area contributed by atoms with Crippen molar-refractivity contribution in [1.82, 2.24) is 15.0 Å². The first kappa shape index (κ1) is 13.9. The van der Waals surface area contributed by atoms with Crippen molar-refractivity contribution >= 4 is 11.6 Å². The lowest BCUT2D eigenvalue weighted by Crippen LogP contribution is -2.19. The molecule has 2 aromatic rings. The number of ketones is 2. The van der Waals surface area contributed by atoms with Gasteiger partial charge >= 0.3 is 0 Å². The van der Waals surface area contributed by atoms with E-state index in [2.05, 4.69) is 15.0 Å². The van der Waals surface area contributed by atoms with Crippen molar-refractivity contribution in [2.24, 2.45) is 0 Å². The summed E-state index contributed by atoms with van der Waals surface area (Å²) in [5.74, 6) is -0.411. The molecule has 0 saturated heterocycles. The Bertz CT molecular complexity index is 814. The number of fused-ring (bicyclic) bond motifs is 1. The molecule has 2 heterocycles. The van der Waals surface area contributed by atoms with Crippen LogP contribution in [0.1, 0.15) is 20.8 Å². The minimum absolute atomic E-state index is 0.00761. The summed E-state index contributed by atoms with van der Waals surface area (Å²) in [6.45, 7) is 0. The van der Waals surface area contributed by atoms with Gasteiger partial charge in [-0.1, -0.05) is 0 Å². The third-order valence-corrected chi connectivity index (χ3v) is 3.16. The molecule has 3 rings (SSSR count). The minimum atomic E-state index is -0.385. The summed E-state index contributed by atoms with van der Waals surface area (Å²) < 4.78 is 9.91. The number of methoxy groups -OCH3 is 2. The predicted molar refractivity (Wildman–Crippen MR) is 75.6 cm³/mol. The lowest BCUT2D eigenvalue weighted by atomic mass is 9.97. The Morgan fingerprint density at radius 1 is 0.955 bits per heavy atom. The zero-order valence-corrected chi connectivity index (χ0v) is 11.9. The van der Waals surface area contributed by atoms with E-state index in [1.807, 2.05) is 0 Å². The quantitative estimate of drug-likeness (QED) is 0.846. The summed E-state index contributed by atoms with van der Waals surface area (Å²) in [4.78, 5) is 36.6. The zero-order chi connectivity index (χ0) is 15.7. The van der Waals surface area contributed by atoms with Gasteiger partial charge in [0, 0.05) is 6.08 Å². The second-order valence-electron chi connectivity index (χ2n) is 4.45. The van der Waals surface area contributed by atoms with Gasteiger partial charge in [0.05, 0.1) is 37.9 Å². The molecule has 7 nitrogen and oxygen atoms in total. The smallest absolute Gasteiger partial charge is 0.232 e. The summed E-state index contributed by atoms with van der Waals surface area (Å²) in [5, 5.41) is 0. The lowest BCUT2D eigenvalue weighted by Gasteiger charge is -2.14. The third-order valence-electron chi connectivity index (χ3n) is 3.16. The van der Waals surface area contributed by atoms with E-state index < -0.39 is 0 Å². The van der Waals surface area contributed by atoms with E-state index in [0.29, 0.717) is 17.3 Å². The number of nitrogens with zero attached hydrogens (tertiary/aromatic N) is 3. The average molecular weight is 297 g/mol. The van der Waals surface area contributed by atoms with Gasteiger partial charge in [0.25, 0.3) is 0 Å². The van der Waals surface area contributed by atoms with Crippen LogP contribution in [-0.4, -0.2) is 40.7 Å². The van der Waals surface area contributed by atoms with E-state index in [9.17, 15) is 9.59 Å². The highest BCUT2D eigenvalue weighted by Gasteiger charge is 2.28. The second-order valence-corrected chi connectivity index (χ2v) is 4.45. The van der Waals surface area contributed by atoms with Gasteiger partial charge in [0.2, 0.25) is 17.4 Å². The summed E-state index contributed by atoms with van der Waals surface area (Å²) in [5.41, 5.74) is 1.17. The van der Waals surface area contributed by atoms with Crippen LogP contribution in [0.15, 0.2) is 36.4 Å². The maximum Gasteiger partial charge on any atom is 0.232 e. The largest absolute Gasteiger partial charge is 0.492 e. The van der Waals surface area contributed by atoms with Gasteiger partial charge in [-0.2, -0.15) is 0 Å². The van der Waals surface area contributed by atoms with Crippen LogP contribution in [0.4, 0.5) is 0 Å². The number of rotatable bonds is 3. The van der Waals surface area contributed by atoms with Crippen LogP contribution in [0.5, 0.6) is 5.88 Å². The molecule has 1 aliphatic carbocycles. The van der Waals surface area contributed by atoms with Crippen LogP contribution < -0.4 is 4.74 Å². The molecule has 2 aromatic heterocycles. The molecule has 0 saturated carbocycles. The van der Waals surface area contributed by atoms with Crippen LogP contribution in [-0.2, 0) is 4.74 Å². The van der Waals surface area contributed by atoms with Gasteiger partial charge in [-0.25, -0.2) is 9.97 Å². The van der Waals surface area contributed by atoms with Gasteiger partial charge in [-0.05, 0) is 12.1 Å². The molecule has 0 fully saturated rings. The van der Waals surface area contributed by atoms with Gasteiger partial charge in [0.1, 0.15) is 11.4 Å². The second kappa shape index (κ2) is 5.36. The Morgan fingerprint density at radius 2 is 1.77 bits per heavy atom. The first-order valence-electron chi connectivity index (χ1n) is 6.36. The van der Waals surface area contributed by atoms with Crippen molar-refractivity contribution in [2.45, 2.75) is 0 Å². The van der Waals surface area contributed by atoms with Crippen molar-refractivity contribution in [3.8, 4) is 17.3 Å². The monoisotopic (exact) mass is 297 g/mol. The number of pyridine rings is 1. The molecule has 0 atom stereocenters. The number of carbonyl (C=O) groups excluding carboxylic acids is 2. The van der Waals surface area contributed by atoms with Crippen molar-refractivity contribution in [3.63, 3.8) is 0 Å². The Kier molecular flexibility index (Phi) is 3.38. The number of hydrogen-bond donors (Lipinski definition) is 0. The van der Waals surface area contributed by atoms with E-state index >= 15 is 0 Å². The number of ether oxygens (including phenoxy) is 2. The Balaban J connectivity index is 2.08. The molecule has 0 amide bonds. The highest BCUT2D eigenvalue weighted by molar-refractivity contribution is 6.23. The van der Waals surface area contributed by atoms with Crippen molar-refractivity contribution in [1.29, 1.82) is 0 Å². The minimum Gasteiger partial charge on any atom is -0.492 e. The van der Waals surface area contributed by atoms with E-state index in [1.165, 1.54) is 32.7 Å². The van der Waals surface area contributed by atoms with Gasteiger partial charge in [0.15, 0.2) is 5.76 Å². The van der Waals surface area contributed by atoms with Crippen LogP contribution in [0.2, 0.25) is 0 Å². The van der Waals surface area contributed by atoms with E-state index in [4.69, 9.17) is 9.47 Å². The maximum absolute atomic E-state index is 12.1. The van der Waals surface area contributed by atoms with E-state index in [0.717, 1.165) is 6.08 Å². The fourth-order valence-corrected chi connectivity index (χ4v) is 2.08. The number of allylic oxidation sites excluding steroid dienone is 2. The molecular formula is C15H11N3O4. The maximum atomic E-state index is 12.1. The fraction of sp³-hybridized carbons (Fsp3) is 0.133. The SMILES string of the molecule is COC1=CC(=O)c2nc(-c3cncc(OC)n3)ccc2C1=O. The predicted octanol–water partition coefficient (Wildman–Crippen LogP) is 1.46. The highest BCUT2D eigenvalue weighted by Crippen LogP contribution is 2.24. The van der Waals surface area contributed by atoms with Crippen molar-refractivity contribution in [3.05, 3.63) is 47.6 Å². The van der Waals surface area contributed by atoms with Crippen LogP contribution in [0.3, 0.4) is 0 Å². The molecule has 0 aliphatic heterocycles. The molecule has 0 bridgehead atoms. The Morgan fingerprint density at radius 3 is 2.50 bits per heavy atom. The van der Waals surface area contributed by atoms with Crippen molar-refractivity contribution in [2.75, 3.05) is 14.2 Å². The molecule has 0 radical (unpaired) electrons. The number of Topliss-reactive ketones (excluding diaryl/α,β-unsaturated/α-hetero) is 1. The van der Waals surface area contributed by atoms with Crippen LogP contribution in [0, 0.1) is 0 Å². The molecule has 22 heavy (non-hydrogen) atoms. The van der Waals surface area contributed by atoms with Crippen LogP contribution >= 0.6 is 0 Å². The first-order chi connectivity index (χ1) is 10.6. The number of hydrogen-bond acceptors (Lipinski definition) is 7. The molecule has 7 heteroatoms. The van der Waals surface area contributed by atoms with Crippen LogP contribution in [0.25, 0.3) is 11.4 Å². The zero-order valence-electron chi connectivity index (χ0n) is 11.9. The number of carbonyl (C=O) groups is 2. The van der Waals surface area contributed by atoms with Gasteiger partial charge in [-0.15, -0.1) is 0 Å². The molecule has 0 N–H and O–H groups in total. The van der Waals surface area contributed by atoms with E-state index in [-0.39, 0.29) is 28.6 Å².